The van der Waals surface area contributed by atoms with Crippen molar-refractivity contribution in [1.29, 1.82) is 0 Å². The fourth-order valence-corrected chi connectivity index (χ4v) is 4.30. The topological polar surface area (TPSA) is 12.4 Å². The first-order valence-electron chi connectivity index (χ1n) is 10.7. The lowest BCUT2D eigenvalue weighted by Gasteiger charge is -2.21. The molecule has 0 amide bonds. The Morgan fingerprint density at radius 2 is 1.30 bits per heavy atom. The smallest absolute Gasteiger partial charge is 0.0798 e. The largest absolute Gasteiger partial charge is 0.194 e. The SMILES string of the molecule is Cc1cc(C#CC2CCC(C)CC2)cc(C)c1C#Cc1cc(C)c(N=C=S)c(C)c1. The molecule has 3 rings (SSSR count). The minimum absolute atomic E-state index is 0.554. The Hall–Kier alpha value is -2.64. The Kier molecular flexibility index (Phi) is 7.29. The van der Waals surface area contributed by atoms with Crippen molar-refractivity contribution in [3.05, 3.63) is 63.2 Å². The van der Waals surface area contributed by atoms with Crippen LogP contribution in [0, 0.1) is 63.2 Å². The first-order chi connectivity index (χ1) is 14.4. The highest BCUT2D eigenvalue weighted by atomic mass is 32.1. The molecule has 2 aromatic rings. The van der Waals surface area contributed by atoms with E-state index in [1.54, 1.807) is 0 Å². The van der Waals surface area contributed by atoms with Gasteiger partial charge in [-0.1, -0.05) is 30.6 Å². The zero-order valence-corrected chi connectivity index (χ0v) is 19.5. The summed E-state index contributed by atoms with van der Waals surface area (Å²) in [4.78, 5) is 4.16. The Morgan fingerprint density at radius 3 is 1.87 bits per heavy atom. The molecule has 0 aromatic heterocycles. The Balaban J connectivity index is 1.83. The lowest BCUT2D eigenvalue weighted by molar-refractivity contribution is 0.337. The van der Waals surface area contributed by atoms with Gasteiger partial charge in [0.25, 0.3) is 0 Å². The second kappa shape index (κ2) is 9.91. The summed E-state index contributed by atoms with van der Waals surface area (Å²) >= 11 is 4.75. The monoisotopic (exact) mass is 411 g/mol. The summed E-state index contributed by atoms with van der Waals surface area (Å²) in [5, 5.41) is 2.46. The van der Waals surface area contributed by atoms with Crippen molar-refractivity contribution in [3.8, 4) is 23.7 Å². The van der Waals surface area contributed by atoms with Crippen LogP contribution < -0.4 is 0 Å². The lowest BCUT2D eigenvalue weighted by Crippen LogP contribution is -2.10. The maximum absolute atomic E-state index is 4.75. The molecular formula is C28H29NS. The zero-order chi connectivity index (χ0) is 21.7. The number of hydrogen-bond donors (Lipinski definition) is 0. The fourth-order valence-electron chi connectivity index (χ4n) is 4.21. The maximum Gasteiger partial charge on any atom is 0.0798 e. The number of benzene rings is 2. The molecule has 0 heterocycles. The van der Waals surface area contributed by atoms with Crippen molar-refractivity contribution < 1.29 is 0 Å². The summed E-state index contributed by atoms with van der Waals surface area (Å²) in [7, 11) is 0. The summed E-state index contributed by atoms with van der Waals surface area (Å²) in [6.07, 6.45) is 5.10. The van der Waals surface area contributed by atoms with Crippen LogP contribution in [0.4, 0.5) is 5.69 Å². The van der Waals surface area contributed by atoms with Crippen LogP contribution in [-0.2, 0) is 0 Å². The van der Waals surface area contributed by atoms with Crippen LogP contribution >= 0.6 is 12.2 Å². The highest BCUT2D eigenvalue weighted by Crippen LogP contribution is 2.28. The Labute approximate surface area is 187 Å². The van der Waals surface area contributed by atoms with Crippen molar-refractivity contribution >= 4 is 23.1 Å². The van der Waals surface area contributed by atoms with E-state index < -0.39 is 0 Å². The molecule has 0 unspecified atom stereocenters. The van der Waals surface area contributed by atoms with Crippen molar-refractivity contribution in [2.24, 2.45) is 16.8 Å². The van der Waals surface area contributed by atoms with Crippen molar-refractivity contribution in [1.82, 2.24) is 0 Å². The second-order valence-electron chi connectivity index (χ2n) is 8.62. The van der Waals surface area contributed by atoms with E-state index in [4.69, 9.17) is 12.2 Å². The average molecular weight is 412 g/mol. The molecule has 1 aliphatic rings. The molecule has 1 aliphatic carbocycles. The number of aliphatic imine (C=N–C) groups is 1. The summed E-state index contributed by atoms with van der Waals surface area (Å²) in [5.74, 6) is 15.1. The maximum atomic E-state index is 4.75. The predicted octanol–water partition coefficient (Wildman–Crippen LogP) is 7.23. The molecule has 0 saturated heterocycles. The number of rotatable bonds is 1. The van der Waals surface area contributed by atoms with E-state index >= 15 is 0 Å². The van der Waals surface area contributed by atoms with Gasteiger partial charge in [0, 0.05) is 22.6 Å². The van der Waals surface area contributed by atoms with Crippen LogP contribution in [0.2, 0.25) is 0 Å². The molecular weight excluding hydrogens is 382 g/mol. The van der Waals surface area contributed by atoms with Gasteiger partial charge >= 0.3 is 0 Å². The predicted molar refractivity (Wildman–Crippen MR) is 130 cm³/mol. The van der Waals surface area contributed by atoms with Gasteiger partial charge in [-0.15, -0.1) is 0 Å². The van der Waals surface area contributed by atoms with Crippen molar-refractivity contribution in [3.63, 3.8) is 0 Å². The first kappa shape index (κ1) is 22.1. The highest BCUT2D eigenvalue weighted by molar-refractivity contribution is 7.78. The van der Waals surface area contributed by atoms with Gasteiger partial charge in [-0.3, -0.25) is 0 Å². The number of hydrogen-bond acceptors (Lipinski definition) is 2. The standard InChI is InChI=1S/C28H29NS/c1-19-6-8-24(9-7-19)10-11-25-14-20(2)27(21(3)15-25)13-12-26-16-22(4)28(29-18-30)23(5)17-26/h14-17,19,24H,6-9H2,1-5H3. The van der Waals surface area contributed by atoms with E-state index in [0.717, 1.165) is 39.4 Å². The van der Waals surface area contributed by atoms with Crippen molar-refractivity contribution in [2.75, 3.05) is 0 Å². The van der Waals surface area contributed by atoms with Crippen LogP contribution in [-0.4, -0.2) is 5.16 Å². The van der Waals surface area contributed by atoms with Gasteiger partial charge < -0.3 is 0 Å². The first-order valence-corrected chi connectivity index (χ1v) is 11.1. The lowest BCUT2D eigenvalue weighted by atomic mass is 9.83. The molecule has 0 spiro atoms. The van der Waals surface area contributed by atoms with Crippen molar-refractivity contribution in [2.45, 2.75) is 60.3 Å². The molecule has 152 valence electrons. The van der Waals surface area contributed by atoms with Gasteiger partial charge in [-0.25, -0.2) is 0 Å². The number of isothiocyanates is 1. The van der Waals surface area contributed by atoms with E-state index in [9.17, 15) is 0 Å². The van der Waals surface area contributed by atoms with E-state index in [1.807, 2.05) is 13.8 Å². The molecule has 1 nitrogen and oxygen atoms in total. The van der Waals surface area contributed by atoms with E-state index in [2.05, 4.69) is 78.9 Å². The number of aryl methyl sites for hydroxylation is 4. The molecule has 0 aliphatic heterocycles. The van der Waals surface area contributed by atoms with Gasteiger partial charge in [0.05, 0.1) is 10.8 Å². The summed E-state index contributed by atoms with van der Waals surface area (Å²) in [5.41, 5.74) is 8.55. The van der Waals surface area contributed by atoms with Crippen LogP contribution in [0.25, 0.3) is 0 Å². The minimum atomic E-state index is 0.554. The molecule has 2 aromatic carbocycles. The molecule has 0 radical (unpaired) electrons. The second-order valence-corrected chi connectivity index (χ2v) is 8.81. The third kappa shape index (κ3) is 5.49. The molecule has 1 fully saturated rings. The van der Waals surface area contributed by atoms with E-state index in [0.29, 0.717) is 5.92 Å². The van der Waals surface area contributed by atoms with E-state index in [1.165, 1.54) is 36.8 Å². The van der Waals surface area contributed by atoms with Crippen LogP contribution in [0.5, 0.6) is 0 Å². The minimum Gasteiger partial charge on any atom is -0.194 e. The normalized spacial score (nSPS) is 17.8. The van der Waals surface area contributed by atoms with Gasteiger partial charge in [0.15, 0.2) is 0 Å². The Bertz CT molecular complexity index is 1070. The Morgan fingerprint density at radius 1 is 0.767 bits per heavy atom. The summed E-state index contributed by atoms with van der Waals surface area (Å²) < 4.78 is 0. The average Bonchev–Trinajstić information content (AvgIpc) is 2.69. The van der Waals surface area contributed by atoms with Gasteiger partial charge in [0.2, 0.25) is 0 Å². The van der Waals surface area contributed by atoms with Crippen LogP contribution in [0.1, 0.15) is 71.6 Å². The van der Waals surface area contributed by atoms with Crippen LogP contribution in [0.15, 0.2) is 29.3 Å². The molecule has 0 atom stereocenters. The van der Waals surface area contributed by atoms with Gasteiger partial charge in [-0.2, -0.15) is 4.99 Å². The molecule has 30 heavy (non-hydrogen) atoms. The third-order valence-corrected chi connectivity index (χ3v) is 6.04. The summed E-state index contributed by atoms with van der Waals surface area (Å²) in [6.45, 7) is 10.7. The molecule has 1 saturated carbocycles. The molecule has 0 bridgehead atoms. The molecule has 2 heteroatoms. The fraction of sp³-hybridized carbons (Fsp3) is 0.393. The van der Waals surface area contributed by atoms with Crippen LogP contribution in [0.3, 0.4) is 0 Å². The molecule has 0 N–H and O–H groups in total. The zero-order valence-electron chi connectivity index (χ0n) is 18.6. The van der Waals surface area contributed by atoms with E-state index in [-0.39, 0.29) is 0 Å². The number of nitrogens with zero attached hydrogens (tertiary/aromatic N) is 1. The third-order valence-electron chi connectivity index (χ3n) is 5.95. The number of thiocarbonyl (C=S) groups is 1. The van der Waals surface area contributed by atoms with Gasteiger partial charge in [-0.05, 0) is 118 Å². The highest BCUT2D eigenvalue weighted by Gasteiger charge is 2.16. The van der Waals surface area contributed by atoms with Gasteiger partial charge in [0.1, 0.15) is 0 Å². The quantitative estimate of drug-likeness (QED) is 0.274. The summed E-state index contributed by atoms with van der Waals surface area (Å²) in [6, 6.07) is 8.45.